The van der Waals surface area contributed by atoms with Crippen LogP contribution < -0.4 is 62.7 Å². The minimum absolute atomic E-state index is 0. The van der Waals surface area contributed by atoms with Crippen LogP contribution in [-0.4, -0.2) is 4.98 Å². The molecular formula is C5H4Cl2FKN2O. The van der Waals surface area contributed by atoms with Gasteiger partial charge in [-0.1, -0.05) is 23.2 Å². The van der Waals surface area contributed by atoms with Crippen molar-refractivity contribution >= 4 is 28.9 Å². The smallest absolute Gasteiger partial charge is 1.00 e. The van der Waals surface area contributed by atoms with Crippen LogP contribution in [0.2, 0.25) is 10.0 Å². The summed E-state index contributed by atoms with van der Waals surface area (Å²) in [5.41, 5.74) is 4.13. The fraction of sp³-hybridized carbons (Fsp3) is 0. The zero-order valence-electron chi connectivity index (χ0n) is 7.12. The Morgan fingerprint density at radius 3 is 2.42 bits per heavy atom. The zero-order valence-corrected chi connectivity index (χ0v) is 10.8. The Balaban J connectivity index is 0. The normalized spacial score (nSPS) is 9.25. The van der Waals surface area contributed by atoms with E-state index in [9.17, 15) is 9.18 Å². The molecule has 0 bridgehead atoms. The van der Waals surface area contributed by atoms with Gasteiger partial charge in [0, 0.05) is 0 Å². The van der Waals surface area contributed by atoms with Gasteiger partial charge in [0.05, 0.1) is 5.69 Å². The van der Waals surface area contributed by atoms with Crippen LogP contribution >= 0.6 is 23.2 Å². The minimum atomic E-state index is -0.974. The molecule has 0 aliphatic heterocycles. The summed E-state index contributed by atoms with van der Waals surface area (Å²) in [4.78, 5) is 12.4. The molecule has 7 heteroatoms. The van der Waals surface area contributed by atoms with Crippen molar-refractivity contribution in [3.63, 3.8) is 0 Å². The van der Waals surface area contributed by atoms with E-state index in [4.69, 9.17) is 28.9 Å². The van der Waals surface area contributed by atoms with Crippen LogP contribution in [0.4, 0.5) is 10.1 Å². The molecule has 0 spiro atoms. The molecule has 3 N–H and O–H groups in total. The fourth-order valence-electron chi connectivity index (χ4n) is 0.546. The van der Waals surface area contributed by atoms with Crippen LogP contribution in [0.15, 0.2) is 4.79 Å². The third-order valence-corrected chi connectivity index (χ3v) is 1.83. The summed E-state index contributed by atoms with van der Waals surface area (Å²) in [6.45, 7) is 0. The van der Waals surface area contributed by atoms with E-state index in [0.29, 0.717) is 0 Å². The van der Waals surface area contributed by atoms with Gasteiger partial charge in [-0.25, -0.2) is 0 Å². The number of anilines is 1. The van der Waals surface area contributed by atoms with Crippen molar-refractivity contribution in [2.75, 3.05) is 5.73 Å². The van der Waals surface area contributed by atoms with E-state index in [1.807, 2.05) is 0 Å². The van der Waals surface area contributed by atoms with E-state index in [-0.39, 0.29) is 68.5 Å². The van der Waals surface area contributed by atoms with Crippen molar-refractivity contribution in [1.82, 2.24) is 4.98 Å². The average Bonchev–Trinajstić information content (AvgIpc) is 1.97. The van der Waals surface area contributed by atoms with Crippen LogP contribution in [0.5, 0.6) is 0 Å². The largest absolute Gasteiger partial charge is 1.00 e. The third-order valence-electron chi connectivity index (χ3n) is 1.09. The summed E-state index contributed by atoms with van der Waals surface area (Å²) in [7, 11) is 0. The second-order valence-corrected chi connectivity index (χ2v) is 2.57. The Morgan fingerprint density at radius 1 is 1.42 bits per heavy atom. The molecule has 0 aliphatic rings. The van der Waals surface area contributed by atoms with Crippen LogP contribution in [0.1, 0.15) is 1.43 Å². The number of H-pyrrole nitrogens is 1. The molecule has 0 fully saturated rings. The van der Waals surface area contributed by atoms with Gasteiger partial charge in [-0.15, -0.1) is 0 Å². The Morgan fingerprint density at radius 2 is 1.92 bits per heavy atom. The second kappa shape index (κ2) is 4.95. The molecule has 0 atom stereocenters. The number of nitrogen functional groups attached to an aromatic ring is 1. The molecule has 0 saturated carbocycles. The predicted molar refractivity (Wildman–Crippen MR) is 42.6 cm³/mol. The van der Waals surface area contributed by atoms with Crippen molar-refractivity contribution < 1.29 is 57.2 Å². The van der Waals surface area contributed by atoms with E-state index in [1.54, 1.807) is 4.98 Å². The average molecular weight is 237 g/mol. The van der Waals surface area contributed by atoms with Gasteiger partial charge in [0.1, 0.15) is 10.0 Å². The van der Waals surface area contributed by atoms with Crippen molar-refractivity contribution in [3.8, 4) is 0 Å². The molecule has 0 saturated heterocycles. The number of hydrogen-bond acceptors (Lipinski definition) is 2. The topological polar surface area (TPSA) is 58.9 Å². The van der Waals surface area contributed by atoms with Crippen LogP contribution in [0.3, 0.4) is 0 Å². The van der Waals surface area contributed by atoms with Crippen molar-refractivity contribution in [2.24, 2.45) is 0 Å². The van der Waals surface area contributed by atoms with Crippen LogP contribution in [0, 0.1) is 5.95 Å². The fourth-order valence-corrected chi connectivity index (χ4v) is 0.878. The monoisotopic (exact) mass is 236 g/mol. The van der Waals surface area contributed by atoms with Gasteiger partial charge in [0.15, 0.2) is 0 Å². The molecule has 0 unspecified atom stereocenters. The first-order valence-corrected chi connectivity index (χ1v) is 3.32. The van der Waals surface area contributed by atoms with Gasteiger partial charge in [-0.2, -0.15) is 4.39 Å². The Bertz CT molecular complexity index is 359. The molecule has 0 aliphatic carbocycles. The SMILES string of the molecule is Nc1c(Cl)c(F)[nH]c(=O)c1Cl.[H-].[K+]. The molecule has 0 amide bonds. The third kappa shape index (κ3) is 2.44. The van der Waals surface area contributed by atoms with Crippen LogP contribution in [0.25, 0.3) is 0 Å². The Kier molecular flexibility index (Phi) is 5.32. The number of nitrogens with two attached hydrogens (primary N) is 1. The number of nitrogens with one attached hydrogen (secondary N) is 1. The van der Waals surface area contributed by atoms with E-state index in [2.05, 4.69) is 0 Å². The number of halogens is 3. The summed E-state index contributed by atoms with van der Waals surface area (Å²) in [6.07, 6.45) is 0. The van der Waals surface area contributed by atoms with Gasteiger partial charge in [-0.3, -0.25) is 9.78 Å². The summed E-state index contributed by atoms with van der Waals surface area (Å²) in [5, 5.41) is -0.661. The Hall–Kier alpha value is 0.896. The number of pyridine rings is 1. The predicted octanol–water partition coefficient (Wildman–Crippen LogP) is -1.48. The van der Waals surface area contributed by atoms with Gasteiger partial charge >= 0.3 is 51.4 Å². The minimum Gasteiger partial charge on any atom is -1.00 e. The van der Waals surface area contributed by atoms with Crippen molar-refractivity contribution in [3.05, 3.63) is 26.3 Å². The van der Waals surface area contributed by atoms with E-state index in [1.165, 1.54) is 0 Å². The zero-order chi connectivity index (χ0) is 8.59. The van der Waals surface area contributed by atoms with E-state index < -0.39 is 11.5 Å². The molecule has 0 aromatic carbocycles. The number of rotatable bonds is 0. The van der Waals surface area contributed by atoms with Gasteiger partial charge in [0.25, 0.3) is 5.56 Å². The molecule has 3 nitrogen and oxygen atoms in total. The second-order valence-electron chi connectivity index (χ2n) is 1.81. The standard InChI is InChI=1S/C5H3Cl2FN2O.K.H/c6-1-3(9)2(7)5(11)10-4(1)8;;/h(H3,9,10,11);;/q;+1;-1. The summed E-state index contributed by atoms with van der Waals surface area (Å²) >= 11 is 10.6. The van der Waals surface area contributed by atoms with Crippen LogP contribution in [-0.2, 0) is 0 Å². The van der Waals surface area contributed by atoms with Crippen molar-refractivity contribution in [1.29, 1.82) is 0 Å². The number of aromatic amines is 1. The van der Waals surface area contributed by atoms with E-state index >= 15 is 0 Å². The van der Waals surface area contributed by atoms with Gasteiger partial charge < -0.3 is 7.16 Å². The molecule has 1 heterocycles. The first-order valence-electron chi connectivity index (χ1n) is 2.56. The molecule has 1 aromatic rings. The summed E-state index contributed by atoms with van der Waals surface area (Å²) < 4.78 is 12.5. The summed E-state index contributed by atoms with van der Waals surface area (Å²) in [6, 6.07) is 0. The van der Waals surface area contributed by atoms with E-state index in [0.717, 1.165) is 0 Å². The quantitative estimate of drug-likeness (QED) is 0.427. The first kappa shape index (κ1) is 12.9. The summed E-state index contributed by atoms with van der Waals surface area (Å²) in [5.74, 6) is -0.974. The van der Waals surface area contributed by atoms with Gasteiger partial charge in [-0.05, 0) is 0 Å². The molecule has 12 heavy (non-hydrogen) atoms. The molecule has 0 radical (unpaired) electrons. The first-order chi connectivity index (χ1) is 5.04. The molecular weight excluding hydrogens is 233 g/mol. The molecule has 1 aromatic heterocycles. The maximum atomic E-state index is 12.5. The maximum Gasteiger partial charge on any atom is 1.00 e. The Labute approximate surface area is 121 Å². The number of aromatic nitrogens is 1. The maximum absolute atomic E-state index is 12.5. The van der Waals surface area contributed by atoms with Gasteiger partial charge in [0.2, 0.25) is 5.95 Å². The van der Waals surface area contributed by atoms with Crippen molar-refractivity contribution in [2.45, 2.75) is 0 Å². The molecule has 62 valence electrons. The number of hydrogen-bond donors (Lipinski definition) is 2. The molecule has 1 rings (SSSR count).